The SMILES string of the molecule is COCCNc1ccc2nnc(-c3ccc(OC)cn3)n2n1. The summed E-state index contributed by atoms with van der Waals surface area (Å²) in [6.07, 6.45) is 1.64. The van der Waals surface area contributed by atoms with Crippen molar-refractivity contribution in [1.82, 2.24) is 24.8 Å². The Bertz CT molecular complexity index is 756. The van der Waals surface area contributed by atoms with Crippen molar-refractivity contribution in [3.05, 3.63) is 30.5 Å². The van der Waals surface area contributed by atoms with E-state index in [4.69, 9.17) is 9.47 Å². The summed E-state index contributed by atoms with van der Waals surface area (Å²) in [5.41, 5.74) is 1.33. The molecule has 0 saturated heterocycles. The number of fused-ring (bicyclic) bond motifs is 1. The van der Waals surface area contributed by atoms with Crippen LogP contribution in [0.2, 0.25) is 0 Å². The zero-order chi connectivity index (χ0) is 15.4. The first kappa shape index (κ1) is 14.2. The van der Waals surface area contributed by atoms with E-state index in [1.165, 1.54) is 0 Å². The van der Waals surface area contributed by atoms with E-state index in [1.807, 2.05) is 24.3 Å². The summed E-state index contributed by atoms with van der Waals surface area (Å²) in [4.78, 5) is 4.32. The Morgan fingerprint density at radius 1 is 1.14 bits per heavy atom. The van der Waals surface area contributed by atoms with Crippen LogP contribution >= 0.6 is 0 Å². The molecule has 3 heterocycles. The Morgan fingerprint density at radius 2 is 2.05 bits per heavy atom. The molecular formula is C14H16N6O2. The van der Waals surface area contributed by atoms with Gasteiger partial charge >= 0.3 is 0 Å². The zero-order valence-corrected chi connectivity index (χ0v) is 12.4. The van der Waals surface area contributed by atoms with Crippen LogP contribution < -0.4 is 10.1 Å². The Morgan fingerprint density at radius 3 is 2.77 bits per heavy atom. The smallest absolute Gasteiger partial charge is 0.203 e. The monoisotopic (exact) mass is 300 g/mol. The number of hydrogen-bond donors (Lipinski definition) is 1. The molecule has 0 spiro atoms. The van der Waals surface area contributed by atoms with E-state index >= 15 is 0 Å². The predicted molar refractivity (Wildman–Crippen MR) is 80.9 cm³/mol. The zero-order valence-electron chi connectivity index (χ0n) is 12.4. The van der Waals surface area contributed by atoms with E-state index < -0.39 is 0 Å². The van der Waals surface area contributed by atoms with Crippen molar-refractivity contribution in [1.29, 1.82) is 0 Å². The van der Waals surface area contributed by atoms with Gasteiger partial charge in [-0.25, -0.2) is 4.98 Å². The summed E-state index contributed by atoms with van der Waals surface area (Å²) in [5.74, 6) is 1.99. The fraction of sp³-hybridized carbons (Fsp3) is 0.286. The van der Waals surface area contributed by atoms with Crippen LogP contribution in [0.1, 0.15) is 0 Å². The second kappa shape index (κ2) is 6.35. The molecule has 0 amide bonds. The van der Waals surface area contributed by atoms with E-state index in [0.717, 1.165) is 5.82 Å². The molecule has 0 saturated carbocycles. The number of hydrogen-bond acceptors (Lipinski definition) is 7. The maximum absolute atomic E-state index is 5.11. The lowest BCUT2D eigenvalue weighted by Gasteiger charge is -2.05. The number of pyridine rings is 1. The average molecular weight is 300 g/mol. The van der Waals surface area contributed by atoms with Crippen molar-refractivity contribution < 1.29 is 9.47 Å². The summed E-state index contributed by atoms with van der Waals surface area (Å²) in [6.45, 7) is 1.28. The van der Waals surface area contributed by atoms with Gasteiger partial charge in [-0.15, -0.1) is 15.3 Å². The minimum atomic E-state index is 0.577. The second-order valence-corrected chi connectivity index (χ2v) is 4.52. The van der Waals surface area contributed by atoms with Gasteiger partial charge < -0.3 is 14.8 Å². The highest BCUT2D eigenvalue weighted by molar-refractivity contribution is 5.56. The van der Waals surface area contributed by atoms with Crippen LogP contribution in [0.15, 0.2) is 30.5 Å². The normalized spacial score (nSPS) is 10.8. The first-order chi connectivity index (χ1) is 10.8. The third kappa shape index (κ3) is 2.82. The van der Waals surface area contributed by atoms with Crippen molar-refractivity contribution in [3.63, 3.8) is 0 Å². The first-order valence-corrected chi connectivity index (χ1v) is 6.77. The highest BCUT2D eigenvalue weighted by Crippen LogP contribution is 2.18. The lowest BCUT2D eigenvalue weighted by atomic mass is 10.3. The van der Waals surface area contributed by atoms with Gasteiger partial charge in [0, 0.05) is 13.7 Å². The molecule has 1 N–H and O–H groups in total. The molecule has 8 heteroatoms. The predicted octanol–water partition coefficient (Wildman–Crippen LogP) is 1.25. The first-order valence-electron chi connectivity index (χ1n) is 6.77. The fourth-order valence-corrected chi connectivity index (χ4v) is 1.96. The molecule has 0 unspecified atom stereocenters. The van der Waals surface area contributed by atoms with Crippen molar-refractivity contribution in [2.75, 3.05) is 32.7 Å². The summed E-state index contributed by atoms with van der Waals surface area (Å²) >= 11 is 0. The molecule has 3 aromatic heterocycles. The van der Waals surface area contributed by atoms with Crippen LogP contribution in [0.25, 0.3) is 17.2 Å². The van der Waals surface area contributed by atoms with E-state index in [2.05, 4.69) is 25.6 Å². The quantitative estimate of drug-likeness (QED) is 0.686. The molecule has 114 valence electrons. The van der Waals surface area contributed by atoms with Gasteiger partial charge in [-0.3, -0.25) is 0 Å². The second-order valence-electron chi connectivity index (χ2n) is 4.52. The molecule has 0 bridgehead atoms. The van der Waals surface area contributed by atoms with E-state index in [-0.39, 0.29) is 0 Å². The Balaban J connectivity index is 1.93. The lowest BCUT2D eigenvalue weighted by molar-refractivity contribution is 0.210. The topological polar surface area (TPSA) is 86.5 Å². The Hall–Kier alpha value is -2.74. The minimum Gasteiger partial charge on any atom is -0.495 e. The number of nitrogens with one attached hydrogen (secondary N) is 1. The molecule has 0 atom stereocenters. The van der Waals surface area contributed by atoms with Crippen molar-refractivity contribution >= 4 is 11.5 Å². The fourth-order valence-electron chi connectivity index (χ4n) is 1.96. The molecule has 0 radical (unpaired) electrons. The standard InChI is InChI=1S/C14H16N6O2/c1-21-8-7-15-12-5-6-13-17-18-14(20(13)19-12)11-4-3-10(22-2)9-16-11/h3-6,9H,7-8H2,1-2H3,(H,15,19). The maximum Gasteiger partial charge on any atom is 0.203 e. The third-order valence-corrected chi connectivity index (χ3v) is 3.08. The van der Waals surface area contributed by atoms with Crippen molar-refractivity contribution in [2.24, 2.45) is 0 Å². The van der Waals surface area contributed by atoms with Gasteiger partial charge in [0.25, 0.3) is 0 Å². The molecular weight excluding hydrogens is 284 g/mol. The number of anilines is 1. The van der Waals surface area contributed by atoms with Crippen molar-refractivity contribution in [2.45, 2.75) is 0 Å². The largest absolute Gasteiger partial charge is 0.495 e. The lowest BCUT2D eigenvalue weighted by Crippen LogP contribution is -2.10. The van der Waals surface area contributed by atoms with Crippen LogP contribution in [-0.2, 0) is 4.74 Å². The molecule has 0 fully saturated rings. The van der Waals surface area contributed by atoms with Crippen LogP contribution in [-0.4, -0.2) is 52.2 Å². The van der Waals surface area contributed by atoms with E-state index in [1.54, 1.807) is 24.9 Å². The van der Waals surface area contributed by atoms with Gasteiger partial charge in [0.05, 0.1) is 19.9 Å². The van der Waals surface area contributed by atoms with E-state index in [9.17, 15) is 0 Å². The Kier molecular flexibility index (Phi) is 4.10. The van der Waals surface area contributed by atoms with Crippen LogP contribution in [0.4, 0.5) is 5.82 Å². The highest BCUT2D eigenvalue weighted by Gasteiger charge is 2.11. The van der Waals surface area contributed by atoms with Crippen LogP contribution in [0.5, 0.6) is 5.75 Å². The van der Waals surface area contributed by atoms with Gasteiger partial charge in [-0.05, 0) is 24.3 Å². The van der Waals surface area contributed by atoms with Gasteiger partial charge in [-0.2, -0.15) is 4.52 Å². The summed E-state index contributed by atoms with van der Waals surface area (Å²) < 4.78 is 11.8. The highest BCUT2D eigenvalue weighted by atomic mass is 16.5. The van der Waals surface area contributed by atoms with Gasteiger partial charge in [-0.1, -0.05) is 0 Å². The summed E-state index contributed by atoms with van der Waals surface area (Å²) in [7, 11) is 3.26. The van der Waals surface area contributed by atoms with Crippen molar-refractivity contribution in [3.8, 4) is 17.3 Å². The number of rotatable bonds is 6. The molecule has 3 rings (SSSR count). The number of nitrogens with zero attached hydrogens (tertiary/aromatic N) is 5. The summed E-state index contributed by atoms with van der Waals surface area (Å²) in [6, 6.07) is 7.35. The molecule has 22 heavy (non-hydrogen) atoms. The Labute approximate surface area is 127 Å². The molecule has 0 aromatic carbocycles. The molecule has 3 aromatic rings. The third-order valence-electron chi connectivity index (χ3n) is 3.08. The van der Waals surface area contributed by atoms with Gasteiger partial charge in [0.15, 0.2) is 5.65 Å². The maximum atomic E-state index is 5.11. The van der Waals surface area contributed by atoms with Gasteiger partial charge in [0.1, 0.15) is 17.3 Å². The molecule has 0 aliphatic heterocycles. The molecule has 0 aliphatic carbocycles. The number of methoxy groups -OCH3 is 2. The average Bonchev–Trinajstić information content (AvgIpc) is 2.98. The van der Waals surface area contributed by atoms with Gasteiger partial charge in [0.2, 0.25) is 5.82 Å². The summed E-state index contributed by atoms with van der Waals surface area (Å²) in [5, 5.41) is 15.9. The molecule has 0 aliphatic rings. The van der Waals surface area contributed by atoms with E-state index in [0.29, 0.717) is 36.1 Å². The van der Waals surface area contributed by atoms with Crippen LogP contribution in [0, 0.1) is 0 Å². The number of aromatic nitrogens is 5. The minimum absolute atomic E-state index is 0.577. The van der Waals surface area contributed by atoms with Crippen LogP contribution in [0.3, 0.4) is 0 Å². The molecule has 8 nitrogen and oxygen atoms in total. The number of ether oxygens (including phenoxy) is 2.